The molecular formula is C18H18BrNO3S. The van der Waals surface area contributed by atoms with E-state index in [9.17, 15) is 4.79 Å². The van der Waals surface area contributed by atoms with E-state index in [2.05, 4.69) is 21.2 Å². The van der Waals surface area contributed by atoms with Crippen LogP contribution < -0.4 is 14.8 Å². The topological polar surface area (TPSA) is 47.6 Å². The Morgan fingerprint density at radius 3 is 2.71 bits per heavy atom. The first kappa shape index (κ1) is 17.2. The molecule has 1 amide bonds. The smallest absolute Gasteiger partial charge is 0.231 e. The fourth-order valence-electron chi connectivity index (χ4n) is 2.43. The van der Waals surface area contributed by atoms with Crippen molar-refractivity contribution in [2.24, 2.45) is 0 Å². The van der Waals surface area contributed by atoms with E-state index in [1.807, 2.05) is 49.4 Å². The second-order valence-electron chi connectivity index (χ2n) is 5.49. The number of rotatable bonds is 6. The third kappa shape index (κ3) is 4.24. The summed E-state index contributed by atoms with van der Waals surface area (Å²) in [6, 6.07) is 13.8. The van der Waals surface area contributed by atoms with Gasteiger partial charge < -0.3 is 14.8 Å². The zero-order valence-electron chi connectivity index (χ0n) is 13.3. The van der Waals surface area contributed by atoms with Crippen LogP contribution >= 0.6 is 27.7 Å². The lowest BCUT2D eigenvalue weighted by molar-refractivity contribution is -0.119. The molecule has 3 rings (SSSR count). The summed E-state index contributed by atoms with van der Waals surface area (Å²) in [5.74, 6) is 2.69. The molecule has 0 unspecified atom stereocenters. The number of hydrogen-bond donors (Lipinski definition) is 1. The zero-order valence-corrected chi connectivity index (χ0v) is 15.7. The van der Waals surface area contributed by atoms with E-state index in [0.29, 0.717) is 5.75 Å². The minimum atomic E-state index is 0.0107. The van der Waals surface area contributed by atoms with Gasteiger partial charge in [-0.05, 0) is 30.2 Å². The number of amides is 1. The third-order valence-corrected chi connectivity index (χ3v) is 5.43. The van der Waals surface area contributed by atoms with Crippen molar-refractivity contribution in [2.45, 2.75) is 18.7 Å². The lowest BCUT2D eigenvalue weighted by Gasteiger charge is -2.14. The van der Waals surface area contributed by atoms with Gasteiger partial charge in [0, 0.05) is 10.2 Å². The Morgan fingerprint density at radius 1 is 1.25 bits per heavy atom. The summed E-state index contributed by atoms with van der Waals surface area (Å²) in [6.07, 6.45) is 0. The highest BCUT2D eigenvalue weighted by atomic mass is 79.9. The lowest BCUT2D eigenvalue weighted by atomic mass is 10.1. The summed E-state index contributed by atoms with van der Waals surface area (Å²) >= 11 is 5.11. The molecule has 0 saturated carbocycles. The van der Waals surface area contributed by atoms with Crippen LogP contribution in [0.15, 0.2) is 46.9 Å². The molecule has 0 aromatic heterocycles. The van der Waals surface area contributed by atoms with E-state index in [1.54, 1.807) is 11.8 Å². The van der Waals surface area contributed by atoms with Gasteiger partial charge in [0.1, 0.15) is 0 Å². The number of fused-ring (bicyclic) bond motifs is 1. The van der Waals surface area contributed by atoms with E-state index >= 15 is 0 Å². The molecule has 1 N–H and O–H groups in total. The first-order valence-corrected chi connectivity index (χ1v) is 9.58. The molecule has 2 aromatic carbocycles. The van der Waals surface area contributed by atoms with Gasteiger partial charge in [-0.1, -0.05) is 46.3 Å². The second kappa shape index (κ2) is 7.94. The molecular weight excluding hydrogens is 390 g/mol. The maximum Gasteiger partial charge on any atom is 0.231 e. The number of halogens is 1. The van der Waals surface area contributed by atoms with E-state index in [0.717, 1.165) is 32.9 Å². The van der Waals surface area contributed by atoms with Crippen molar-refractivity contribution in [3.05, 3.63) is 58.1 Å². The fourth-order valence-corrected chi connectivity index (χ4v) is 3.91. The largest absolute Gasteiger partial charge is 0.454 e. The normalized spacial score (nSPS) is 13.6. The molecule has 0 fully saturated rings. The van der Waals surface area contributed by atoms with E-state index in [-0.39, 0.29) is 18.7 Å². The highest BCUT2D eigenvalue weighted by Gasteiger charge is 2.16. The number of thioether (sulfide) groups is 1. The highest BCUT2D eigenvalue weighted by molar-refractivity contribution is 9.10. The van der Waals surface area contributed by atoms with Gasteiger partial charge in [0.2, 0.25) is 12.7 Å². The van der Waals surface area contributed by atoms with Crippen LogP contribution in [0, 0.1) is 0 Å². The quantitative estimate of drug-likeness (QED) is 0.775. The molecule has 0 spiro atoms. The Kier molecular flexibility index (Phi) is 5.68. The van der Waals surface area contributed by atoms with Gasteiger partial charge in [-0.3, -0.25) is 4.79 Å². The predicted molar refractivity (Wildman–Crippen MR) is 99.4 cm³/mol. The Balaban J connectivity index is 1.49. The van der Waals surface area contributed by atoms with Crippen LogP contribution in [0.1, 0.15) is 24.1 Å². The van der Waals surface area contributed by atoms with Crippen LogP contribution in [0.25, 0.3) is 0 Å². The number of carbonyl (C=O) groups excluding carboxylic acids is 1. The van der Waals surface area contributed by atoms with Crippen LogP contribution in [0.3, 0.4) is 0 Å². The molecule has 24 heavy (non-hydrogen) atoms. The first-order valence-electron chi connectivity index (χ1n) is 7.63. The number of hydrogen-bond acceptors (Lipinski definition) is 4. The van der Waals surface area contributed by atoms with Crippen LogP contribution in [-0.2, 0) is 10.5 Å². The minimum absolute atomic E-state index is 0.0107. The molecule has 126 valence electrons. The van der Waals surface area contributed by atoms with Crippen molar-refractivity contribution in [1.82, 2.24) is 5.32 Å². The van der Waals surface area contributed by atoms with Gasteiger partial charge >= 0.3 is 0 Å². The van der Waals surface area contributed by atoms with Crippen LogP contribution in [0.4, 0.5) is 0 Å². The fraction of sp³-hybridized carbons (Fsp3) is 0.278. The van der Waals surface area contributed by atoms with Crippen molar-refractivity contribution < 1.29 is 14.3 Å². The number of ether oxygens (including phenoxy) is 2. The third-order valence-electron chi connectivity index (χ3n) is 3.71. The molecule has 1 atom stereocenters. The average molecular weight is 408 g/mol. The van der Waals surface area contributed by atoms with Crippen LogP contribution in [0.5, 0.6) is 11.5 Å². The Bertz CT molecular complexity index is 724. The Labute approximate surface area is 154 Å². The average Bonchev–Trinajstić information content (AvgIpc) is 3.02. The molecule has 1 heterocycles. The van der Waals surface area contributed by atoms with Crippen molar-refractivity contribution in [2.75, 3.05) is 12.5 Å². The molecule has 2 aromatic rings. The van der Waals surface area contributed by atoms with Crippen molar-refractivity contribution in [3.8, 4) is 11.5 Å². The van der Waals surface area contributed by atoms with Crippen molar-refractivity contribution in [1.29, 1.82) is 0 Å². The molecule has 1 aliphatic heterocycles. The summed E-state index contributed by atoms with van der Waals surface area (Å²) < 4.78 is 11.7. The molecule has 0 bridgehead atoms. The molecule has 0 aliphatic carbocycles. The van der Waals surface area contributed by atoms with Crippen LogP contribution in [0.2, 0.25) is 0 Å². The molecule has 0 saturated heterocycles. The minimum Gasteiger partial charge on any atom is -0.454 e. The molecule has 6 heteroatoms. The summed E-state index contributed by atoms with van der Waals surface area (Å²) in [7, 11) is 0. The van der Waals surface area contributed by atoms with Crippen molar-refractivity contribution in [3.63, 3.8) is 0 Å². The molecule has 0 radical (unpaired) electrons. The predicted octanol–water partition coefficient (Wildman–Crippen LogP) is 4.29. The number of carbonyl (C=O) groups is 1. The number of nitrogens with one attached hydrogen (secondary N) is 1. The van der Waals surface area contributed by atoms with Gasteiger partial charge in [0.25, 0.3) is 0 Å². The maximum atomic E-state index is 12.1. The molecule has 4 nitrogen and oxygen atoms in total. The SMILES string of the molecule is C[C@H](NC(=O)CSCc1cc2c(cc1Br)OCO2)c1ccccc1. The highest BCUT2D eigenvalue weighted by Crippen LogP contribution is 2.38. The summed E-state index contributed by atoms with van der Waals surface area (Å²) in [4.78, 5) is 12.1. The van der Waals surface area contributed by atoms with Gasteiger partial charge in [0.15, 0.2) is 11.5 Å². The number of benzene rings is 2. The molecule has 1 aliphatic rings. The van der Waals surface area contributed by atoms with E-state index < -0.39 is 0 Å². The van der Waals surface area contributed by atoms with Gasteiger partial charge in [-0.2, -0.15) is 0 Å². The zero-order chi connectivity index (χ0) is 16.9. The van der Waals surface area contributed by atoms with Crippen molar-refractivity contribution >= 4 is 33.6 Å². The summed E-state index contributed by atoms with van der Waals surface area (Å²) in [5, 5.41) is 3.02. The van der Waals surface area contributed by atoms with Gasteiger partial charge in [0.05, 0.1) is 11.8 Å². The Hall–Kier alpha value is -1.66. The van der Waals surface area contributed by atoms with Gasteiger partial charge in [-0.15, -0.1) is 11.8 Å². The maximum absolute atomic E-state index is 12.1. The summed E-state index contributed by atoms with van der Waals surface area (Å²) in [5.41, 5.74) is 2.20. The van der Waals surface area contributed by atoms with Crippen LogP contribution in [-0.4, -0.2) is 18.5 Å². The lowest BCUT2D eigenvalue weighted by Crippen LogP contribution is -2.28. The Morgan fingerprint density at radius 2 is 1.96 bits per heavy atom. The first-order chi connectivity index (χ1) is 11.6. The van der Waals surface area contributed by atoms with Gasteiger partial charge in [-0.25, -0.2) is 0 Å². The van der Waals surface area contributed by atoms with E-state index in [1.165, 1.54) is 0 Å². The monoisotopic (exact) mass is 407 g/mol. The van der Waals surface area contributed by atoms with E-state index in [4.69, 9.17) is 9.47 Å². The second-order valence-corrected chi connectivity index (χ2v) is 7.33. The standard InChI is InChI=1S/C18H18BrNO3S/c1-12(13-5-3-2-4-6-13)20-18(21)10-24-9-14-7-16-17(8-15(14)19)23-11-22-16/h2-8,12H,9-11H2,1H3,(H,20,21)/t12-/m0/s1. The summed E-state index contributed by atoms with van der Waals surface area (Å²) in [6.45, 7) is 2.25.